The molecule has 120 valence electrons. The molecule has 0 saturated carbocycles. The number of aryl methyl sites for hydroxylation is 1. The van der Waals surface area contributed by atoms with Crippen LogP contribution < -0.4 is 4.81 Å². The fourth-order valence-electron chi connectivity index (χ4n) is 3.48. The predicted octanol–water partition coefficient (Wildman–Crippen LogP) is 2.75. The van der Waals surface area contributed by atoms with Crippen LogP contribution in [0.1, 0.15) is 40.7 Å². The molecule has 0 spiro atoms. The molecule has 3 rings (SSSR count). The molecule has 1 aromatic heterocycles. The third-order valence-corrected chi connectivity index (χ3v) is 4.68. The number of aromatic nitrogens is 1. The number of methoxy groups -OCH3 is 1. The summed E-state index contributed by atoms with van der Waals surface area (Å²) in [6, 6.07) is 3.96. The molecule has 0 aliphatic carbocycles. The SMILES string of the molecule is CCC1CN(B(C)O)c2cc(C)c3ncc(C(=O)OC)cc3c21. The highest BCUT2D eigenvalue weighted by Gasteiger charge is 2.33. The second kappa shape index (κ2) is 5.85. The first-order valence-electron chi connectivity index (χ1n) is 7.94. The van der Waals surface area contributed by atoms with Crippen molar-refractivity contribution in [2.75, 3.05) is 18.5 Å². The largest absolute Gasteiger partial charge is 0.465 e. The molecule has 23 heavy (non-hydrogen) atoms. The van der Waals surface area contributed by atoms with E-state index in [0.717, 1.165) is 35.1 Å². The van der Waals surface area contributed by atoms with E-state index in [1.54, 1.807) is 13.0 Å². The highest BCUT2D eigenvalue weighted by molar-refractivity contribution is 6.54. The molecule has 2 aromatic rings. The van der Waals surface area contributed by atoms with Gasteiger partial charge in [-0.25, -0.2) is 4.79 Å². The highest BCUT2D eigenvalue weighted by Crippen LogP contribution is 2.43. The van der Waals surface area contributed by atoms with Gasteiger partial charge in [0.2, 0.25) is 0 Å². The number of carbonyl (C=O) groups excluding carboxylic acids is 1. The van der Waals surface area contributed by atoms with Gasteiger partial charge in [0.05, 0.1) is 18.2 Å². The second-order valence-corrected chi connectivity index (χ2v) is 6.13. The summed E-state index contributed by atoms with van der Waals surface area (Å²) in [4.78, 5) is 18.4. The molecule has 6 heteroatoms. The number of anilines is 1. The van der Waals surface area contributed by atoms with Crippen LogP contribution in [0.4, 0.5) is 5.69 Å². The van der Waals surface area contributed by atoms with Crippen LogP contribution in [0.3, 0.4) is 0 Å². The van der Waals surface area contributed by atoms with E-state index in [1.165, 1.54) is 12.7 Å². The molecule has 0 fully saturated rings. The Morgan fingerprint density at radius 3 is 2.87 bits per heavy atom. The van der Waals surface area contributed by atoms with E-state index in [-0.39, 0.29) is 5.97 Å². The van der Waals surface area contributed by atoms with E-state index in [2.05, 4.69) is 18.0 Å². The number of fused-ring (bicyclic) bond motifs is 3. The summed E-state index contributed by atoms with van der Waals surface area (Å²) in [6.07, 6.45) is 2.53. The maximum Gasteiger partial charge on any atom is 0.409 e. The van der Waals surface area contributed by atoms with Gasteiger partial charge in [0.25, 0.3) is 0 Å². The van der Waals surface area contributed by atoms with Crippen molar-refractivity contribution in [3.8, 4) is 0 Å². The molecule has 1 aliphatic rings. The van der Waals surface area contributed by atoms with Crippen LogP contribution in [0.25, 0.3) is 10.9 Å². The molecule has 1 aliphatic heterocycles. The Balaban J connectivity index is 2.30. The van der Waals surface area contributed by atoms with Crippen LogP contribution >= 0.6 is 0 Å². The molecule has 0 radical (unpaired) electrons. The molecule has 1 aromatic carbocycles. The Morgan fingerprint density at radius 2 is 2.26 bits per heavy atom. The Morgan fingerprint density at radius 1 is 1.52 bits per heavy atom. The molecule has 0 amide bonds. The molecule has 1 atom stereocenters. The normalized spacial score (nSPS) is 16.6. The van der Waals surface area contributed by atoms with E-state index in [1.807, 2.05) is 17.8 Å². The molecule has 2 heterocycles. The predicted molar refractivity (Wildman–Crippen MR) is 92.0 cm³/mol. The zero-order valence-electron chi connectivity index (χ0n) is 14.0. The quantitative estimate of drug-likeness (QED) is 0.697. The lowest BCUT2D eigenvalue weighted by Gasteiger charge is -2.21. The summed E-state index contributed by atoms with van der Waals surface area (Å²) in [7, 11) is 0.830. The standard InChI is InChI=1S/C17H21BN2O3/c1-5-11-9-20(18(3)22)14-6-10(2)16-13(15(11)14)7-12(8-19-16)17(21)23-4/h6-8,11,22H,5,9H2,1-4H3. The van der Waals surface area contributed by atoms with Gasteiger partial charge in [0, 0.05) is 29.7 Å². The van der Waals surface area contributed by atoms with Gasteiger partial charge in [-0.15, -0.1) is 0 Å². The molecule has 1 N–H and O–H groups in total. The van der Waals surface area contributed by atoms with E-state index in [9.17, 15) is 9.82 Å². The first-order chi connectivity index (χ1) is 11.0. The average molecular weight is 312 g/mol. The topological polar surface area (TPSA) is 62.7 Å². The lowest BCUT2D eigenvalue weighted by atomic mass is 9.85. The number of nitrogens with zero attached hydrogens (tertiary/aromatic N) is 2. The molecular formula is C17H21BN2O3. The second-order valence-electron chi connectivity index (χ2n) is 6.13. The third-order valence-electron chi connectivity index (χ3n) is 4.68. The van der Waals surface area contributed by atoms with Crippen LogP contribution in [0.2, 0.25) is 6.82 Å². The van der Waals surface area contributed by atoms with Crippen molar-refractivity contribution in [1.29, 1.82) is 0 Å². The molecule has 1 unspecified atom stereocenters. The van der Waals surface area contributed by atoms with Gasteiger partial charge in [-0.05, 0) is 43.4 Å². The zero-order chi connectivity index (χ0) is 16.7. The molecule has 5 nitrogen and oxygen atoms in total. The van der Waals surface area contributed by atoms with Gasteiger partial charge in [-0.1, -0.05) is 6.92 Å². The van der Waals surface area contributed by atoms with Crippen molar-refractivity contribution in [2.24, 2.45) is 0 Å². The summed E-state index contributed by atoms with van der Waals surface area (Å²) in [5.41, 5.74) is 4.62. The minimum absolute atomic E-state index is 0.317. The minimum Gasteiger partial charge on any atom is -0.465 e. The Kier molecular flexibility index (Phi) is 4.02. The van der Waals surface area contributed by atoms with E-state index in [4.69, 9.17) is 4.74 Å². The molecule has 0 saturated heterocycles. The summed E-state index contributed by atoms with van der Waals surface area (Å²) in [5.74, 6) is -0.0644. The van der Waals surface area contributed by atoms with Crippen LogP contribution in [0, 0.1) is 6.92 Å². The number of hydrogen-bond acceptors (Lipinski definition) is 5. The van der Waals surface area contributed by atoms with Crippen molar-refractivity contribution < 1.29 is 14.6 Å². The smallest absolute Gasteiger partial charge is 0.409 e. The van der Waals surface area contributed by atoms with E-state index in [0.29, 0.717) is 11.5 Å². The van der Waals surface area contributed by atoms with Crippen LogP contribution in [0.15, 0.2) is 18.3 Å². The molecule has 0 bridgehead atoms. The Bertz CT molecular complexity index is 776. The van der Waals surface area contributed by atoms with Crippen molar-refractivity contribution >= 4 is 29.6 Å². The number of pyridine rings is 1. The minimum atomic E-state index is -0.543. The highest BCUT2D eigenvalue weighted by atomic mass is 16.5. The van der Waals surface area contributed by atoms with Crippen LogP contribution in [0.5, 0.6) is 0 Å². The van der Waals surface area contributed by atoms with E-state index < -0.39 is 7.05 Å². The van der Waals surface area contributed by atoms with Gasteiger partial charge >= 0.3 is 13.0 Å². The number of esters is 1. The van der Waals surface area contributed by atoms with Gasteiger partial charge < -0.3 is 14.6 Å². The third kappa shape index (κ3) is 2.47. The lowest BCUT2D eigenvalue weighted by molar-refractivity contribution is 0.0600. The number of carbonyl (C=O) groups is 1. The number of rotatable bonds is 3. The summed E-state index contributed by atoms with van der Waals surface area (Å²) >= 11 is 0. The van der Waals surface area contributed by atoms with E-state index >= 15 is 0 Å². The van der Waals surface area contributed by atoms with Crippen molar-refractivity contribution in [2.45, 2.75) is 33.0 Å². The number of hydrogen-bond donors (Lipinski definition) is 1. The lowest BCUT2D eigenvalue weighted by Crippen LogP contribution is -2.36. The summed E-state index contributed by atoms with van der Waals surface area (Å²) in [5, 5.41) is 11.1. The Hall–Kier alpha value is -2.08. The first-order valence-corrected chi connectivity index (χ1v) is 7.94. The summed E-state index contributed by atoms with van der Waals surface area (Å²) < 4.78 is 4.82. The first kappa shape index (κ1) is 15.8. The van der Waals surface area contributed by atoms with Crippen molar-refractivity contribution in [3.05, 3.63) is 35.0 Å². The average Bonchev–Trinajstić information content (AvgIpc) is 2.92. The monoisotopic (exact) mass is 312 g/mol. The van der Waals surface area contributed by atoms with Gasteiger partial charge in [0.1, 0.15) is 0 Å². The number of benzene rings is 1. The fourth-order valence-corrected chi connectivity index (χ4v) is 3.48. The van der Waals surface area contributed by atoms with Crippen molar-refractivity contribution in [1.82, 2.24) is 4.98 Å². The van der Waals surface area contributed by atoms with Gasteiger partial charge in [-0.3, -0.25) is 4.98 Å². The molecular weight excluding hydrogens is 291 g/mol. The number of ether oxygens (including phenoxy) is 1. The fraction of sp³-hybridized carbons (Fsp3) is 0.412. The van der Waals surface area contributed by atoms with Gasteiger partial charge in [0.15, 0.2) is 0 Å². The Labute approximate surface area is 136 Å². The summed E-state index contributed by atoms with van der Waals surface area (Å²) in [6.45, 7) is 6.71. The maximum atomic E-state index is 11.9. The zero-order valence-corrected chi connectivity index (χ0v) is 14.0. The van der Waals surface area contributed by atoms with Crippen LogP contribution in [-0.4, -0.2) is 36.7 Å². The van der Waals surface area contributed by atoms with Crippen molar-refractivity contribution in [3.63, 3.8) is 0 Å². The van der Waals surface area contributed by atoms with Gasteiger partial charge in [-0.2, -0.15) is 0 Å². The maximum absolute atomic E-state index is 11.9. The van der Waals surface area contributed by atoms with Crippen LogP contribution in [-0.2, 0) is 4.74 Å².